The second-order valence-electron chi connectivity index (χ2n) is 3.63. The summed E-state index contributed by atoms with van der Waals surface area (Å²) in [6.07, 6.45) is 8.63. The third-order valence-corrected chi connectivity index (χ3v) is 2.71. The summed E-state index contributed by atoms with van der Waals surface area (Å²) < 4.78 is 2.14. The Morgan fingerprint density at radius 1 is 1.27 bits per heavy atom. The summed E-state index contributed by atoms with van der Waals surface area (Å²) in [5.74, 6) is 0.716. The van der Waals surface area contributed by atoms with Crippen LogP contribution in [0.3, 0.4) is 0 Å². The van der Waals surface area contributed by atoms with Gasteiger partial charge in [-0.2, -0.15) is 0 Å². The van der Waals surface area contributed by atoms with Crippen LogP contribution in [0.1, 0.15) is 38.2 Å². The summed E-state index contributed by atoms with van der Waals surface area (Å²) in [5, 5.41) is 0. The fourth-order valence-corrected chi connectivity index (χ4v) is 1.77. The first-order chi connectivity index (χ1) is 6.81. The van der Waals surface area contributed by atoms with Crippen molar-refractivity contribution in [3.8, 4) is 0 Å². The first-order valence-electron chi connectivity index (χ1n) is 5.41. The van der Waals surface area contributed by atoms with Crippen molar-refractivity contribution < 1.29 is 17.0 Å². The van der Waals surface area contributed by atoms with Crippen LogP contribution in [0.15, 0.2) is 37.2 Å². The van der Waals surface area contributed by atoms with Crippen molar-refractivity contribution in [2.75, 3.05) is 0 Å². The molecule has 2 heteroatoms. The molecule has 0 spiro atoms. The molecule has 0 aliphatic heterocycles. The molecule has 1 rings (SSSR count). The summed E-state index contributed by atoms with van der Waals surface area (Å²) in [5.41, 5.74) is 1.45. The fourth-order valence-electron chi connectivity index (χ4n) is 1.77. The molecule has 84 valence electrons. The highest BCUT2D eigenvalue weighted by Crippen LogP contribution is 2.21. The van der Waals surface area contributed by atoms with Crippen LogP contribution in [0.2, 0.25) is 0 Å². The van der Waals surface area contributed by atoms with Crippen molar-refractivity contribution in [1.82, 2.24) is 0 Å². The molecule has 0 aromatic carbocycles. The van der Waals surface area contributed by atoms with E-state index in [1.807, 2.05) is 6.08 Å². The zero-order valence-electron chi connectivity index (χ0n) is 9.62. The average molecular weight is 226 g/mol. The van der Waals surface area contributed by atoms with Crippen LogP contribution in [-0.4, -0.2) is 0 Å². The number of hydrogen-bond donors (Lipinski definition) is 0. The molecule has 0 N–H and O–H groups in total. The predicted octanol–water partition coefficient (Wildman–Crippen LogP) is 0.0677. The summed E-state index contributed by atoms with van der Waals surface area (Å²) in [7, 11) is 0. The Bertz CT molecular complexity index is 275. The normalized spacial score (nSPS) is 9.80. The van der Waals surface area contributed by atoms with Gasteiger partial charge >= 0.3 is 0 Å². The fraction of sp³-hybridized carbons (Fsp3) is 0.462. The molecule has 0 unspecified atom stereocenters. The van der Waals surface area contributed by atoms with Crippen LogP contribution in [0.4, 0.5) is 0 Å². The van der Waals surface area contributed by atoms with Gasteiger partial charge in [0.25, 0.3) is 0 Å². The van der Waals surface area contributed by atoms with E-state index in [0.29, 0.717) is 5.92 Å². The molecule has 0 radical (unpaired) electrons. The van der Waals surface area contributed by atoms with Gasteiger partial charge in [-0.15, -0.1) is 0 Å². The van der Waals surface area contributed by atoms with Gasteiger partial charge in [0.1, 0.15) is 0 Å². The van der Waals surface area contributed by atoms with Gasteiger partial charge in [-0.25, -0.2) is 4.57 Å². The molecule has 1 aromatic heterocycles. The van der Waals surface area contributed by atoms with Crippen LogP contribution >= 0.6 is 0 Å². The highest BCUT2D eigenvalue weighted by molar-refractivity contribution is 5.13. The molecule has 0 atom stereocenters. The predicted molar refractivity (Wildman–Crippen MR) is 60.2 cm³/mol. The highest BCUT2D eigenvalue weighted by Gasteiger charge is 2.07. The summed E-state index contributed by atoms with van der Waals surface area (Å²) in [6, 6.07) is 4.45. The second kappa shape index (κ2) is 7.47. The van der Waals surface area contributed by atoms with E-state index in [1.54, 1.807) is 0 Å². The zero-order valence-corrected chi connectivity index (χ0v) is 10.4. The molecule has 1 heterocycles. The van der Waals surface area contributed by atoms with Gasteiger partial charge < -0.3 is 12.4 Å². The van der Waals surface area contributed by atoms with E-state index in [9.17, 15) is 0 Å². The number of allylic oxidation sites excluding steroid dienone is 1. The van der Waals surface area contributed by atoms with Crippen molar-refractivity contribution in [2.24, 2.45) is 0 Å². The number of hydrogen-bond acceptors (Lipinski definition) is 0. The Balaban J connectivity index is 0.00000196. The molecule has 0 aliphatic rings. The lowest BCUT2D eigenvalue weighted by Crippen LogP contribution is -3.00. The molecule has 15 heavy (non-hydrogen) atoms. The summed E-state index contributed by atoms with van der Waals surface area (Å²) in [4.78, 5) is 0. The third-order valence-electron chi connectivity index (χ3n) is 2.71. The molecule has 0 aliphatic carbocycles. The van der Waals surface area contributed by atoms with Gasteiger partial charge in [0.2, 0.25) is 0 Å². The van der Waals surface area contributed by atoms with Gasteiger partial charge in [-0.3, -0.25) is 0 Å². The topological polar surface area (TPSA) is 3.88 Å². The maximum Gasteiger partial charge on any atom is 0.169 e. The summed E-state index contributed by atoms with van der Waals surface area (Å²) in [6.45, 7) is 9.12. The smallest absolute Gasteiger partial charge is 0.169 e. The minimum atomic E-state index is 0. The Hall–Kier alpha value is -0.820. The Morgan fingerprint density at radius 3 is 2.20 bits per heavy atom. The molecule has 0 bridgehead atoms. The molecular weight excluding hydrogens is 206 g/mol. The minimum absolute atomic E-state index is 0. The van der Waals surface area contributed by atoms with Crippen molar-refractivity contribution >= 4 is 0 Å². The Labute approximate surface area is 99.2 Å². The average Bonchev–Trinajstić information content (AvgIpc) is 2.23. The number of halogens is 1. The van der Waals surface area contributed by atoms with E-state index in [-0.39, 0.29) is 12.4 Å². The molecule has 0 amide bonds. The molecule has 0 fully saturated rings. The maximum atomic E-state index is 3.73. The van der Waals surface area contributed by atoms with Gasteiger partial charge in [-0.1, -0.05) is 20.4 Å². The first kappa shape index (κ1) is 14.2. The zero-order chi connectivity index (χ0) is 10.4. The monoisotopic (exact) mass is 225 g/mol. The molecule has 1 aromatic rings. The van der Waals surface area contributed by atoms with E-state index >= 15 is 0 Å². The maximum absolute atomic E-state index is 3.73. The minimum Gasteiger partial charge on any atom is -1.00 e. The van der Waals surface area contributed by atoms with Crippen LogP contribution in [0.5, 0.6) is 0 Å². The van der Waals surface area contributed by atoms with Gasteiger partial charge in [0.05, 0.1) is 0 Å². The summed E-state index contributed by atoms with van der Waals surface area (Å²) >= 11 is 0. The molecule has 0 saturated carbocycles. The van der Waals surface area contributed by atoms with Crippen LogP contribution < -0.4 is 17.0 Å². The SMILES string of the molecule is C=CC[n+]1ccc(C(CC)CC)cc1.[Cl-]. The number of rotatable bonds is 5. The van der Waals surface area contributed by atoms with E-state index in [0.717, 1.165) is 6.54 Å². The van der Waals surface area contributed by atoms with Crippen molar-refractivity contribution in [2.45, 2.75) is 39.2 Å². The third kappa shape index (κ3) is 4.05. The molecule has 1 nitrogen and oxygen atoms in total. The lowest BCUT2D eigenvalue weighted by molar-refractivity contribution is -0.687. The van der Waals surface area contributed by atoms with Gasteiger partial charge in [0, 0.05) is 12.1 Å². The second-order valence-corrected chi connectivity index (χ2v) is 3.63. The van der Waals surface area contributed by atoms with Gasteiger partial charge in [0.15, 0.2) is 18.9 Å². The van der Waals surface area contributed by atoms with E-state index in [1.165, 1.54) is 18.4 Å². The molecular formula is C13H20ClN. The van der Waals surface area contributed by atoms with Gasteiger partial charge in [-0.05, 0) is 30.4 Å². The quantitative estimate of drug-likeness (QED) is 0.493. The number of aromatic nitrogens is 1. The standard InChI is InChI=1S/C13H20N.ClH/c1-4-9-14-10-7-13(8-11-14)12(5-2)6-3;/h4,7-8,10-12H,1,5-6,9H2,2-3H3;1H/q+1;/p-1. The lowest BCUT2D eigenvalue weighted by Gasteiger charge is -2.10. The number of pyridine rings is 1. The van der Waals surface area contributed by atoms with E-state index in [4.69, 9.17) is 0 Å². The van der Waals surface area contributed by atoms with Crippen LogP contribution in [0.25, 0.3) is 0 Å². The van der Waals surface area contributed by atoms with E-state index in [2.05, 4.69) is 49.5 Å². The molecule has 0 saturated heterocycles. The lowest BCUT2D eigenvalue weighted by atomic mass is 9.95. The highest BCUT2D eigenvalue weighted by atomic mass is 35.5. The number of nitrogens with zero attached hydrogens (tertiary/aromatic N) is 1. The van der Waals surface area contributed by atoms with Crippen molar-refractivity contribution in [3.63, 3.8) is 0 Å². The van der Waals surface area contributed by atoms with Crippen LogP contribution in [0, 0.1) is 0 Å². The van der Waals surface area contributed by atoms with E-state index < -0.39 is 0 Å². The Morgan fingerprint density at radius 2 is 1.80 bits per heavy atom. The van der Waals surface area contributed by atoms with Crippen molar-refractivity contribution in [3.05, 3.63) is 42.7 Å². The first-order valence-corrected chi connectivity index (χ1v) is 5.41. The largest absolute Gasteiger partial charge is 1.00 e. The Kier molecular flexibility index (Phi) is 7.06. The van der Waals surface area contributed by atoms with Crippen LogP contribution in [-0.2, 0) is 6.54 Å². The van der Waals surface area contributed by atoms with Crippen molar-refractivity contribution in [1.29, 1.82) is 0 Å².